The molecule has 0 spiro atoms. The van der Waals surface area contributed by atoms with Gasteiger partial charge in [0.1, 0.15) is 11.1 Å². The first-order valence-electron chi connectivity index (χ1n) is 5.66. The molecule has 0 unspecified atom stereocenters. The number of benzene rings is 1. The van der Waals surface area contributed by atoms with Crippen molar-refractivity contribution in [3.8, 4) is 0 Å². The van der Waals surface area contributed by atoms with E-state index in [-0.39, 0.29) is 5.91 Å². The number of anilines is 1. The molecule has 1 amide bonds. The van der Waals surface area contributed by atoms with Gasteiger partial charge in [-0.2, -0.15) is 0 Å². The third-order valence-electron chi connectivity index (χ3n) is 2.81. The molecule has 5 heteroatoms. The Labute approximate surface area is 105 Å². The van der Waals surface area contributed by atoms with Crippen molar-refractivity contribution < 1.29 is 13.9 Å². The lowest BCUT2D eigenvalue weighted by Gasteiger charge is -2.21. The molecule has 0 radical (unpaired) electrons. The summed E-state index contributed by atoms with van der Waals surface area (Å²) in [7, 11) is 1.50. The Morgan fingerprint density at radius 1 is 1.44 bits per heavy atom. The summed E-state index contributed by atoms with van der Waals surface area (Å²) in [6.07, 6.45) is 0. The van der Waals surface area contributed by atoms with Crippen LogP contribution in [0.25, 0.3) is 11.1 Å². The highest BCUT2D eigenvalue weighted by Gasteiger charge is 2.26. The molecule has 0 aliphatic rings. The molecular formula is C13H16N2O3. The Kier molecular flexibility index (Phi) is 3.09. The van der Waals surface area contributed by atoms with Gasteiger partial charge in [-0.1, -0.05) is 0 Å². The number of rotatable bonds is 3. The van der Waals surface area contributed by atoms with Crippen LogP contribution in [0.3, 0.4) is 0 Å². The zero-order chi connectivity index (χ0) is 13.3. The van der Waals surface area contributed by atoms with E-state index in [1.807, 2.05) is 0 Å². The van der Waals surface area contributed by atoms with Crippen LogP contribution in [0.1, 0.15) is 19.7 Å². The second-order valence-electron chi connectivity index (χ2n) is 4.58. The van der Waals surface area contributed by atoms with Gasteiger partial charge >= 0.3 is 0 Å². The number of aryl methyl sites for hydroxylation is 1. The molecular weight excluding hydrogens is 232 g/mol. The Morgan fingerprint density at radius 3 is 2.83 bits per heavy atom. The summed E-state index contributed by atoms with van der Waals surface area (Å²) in [6.45, 7) is 5.20. The summed E-state index contributed by atoms with van der Waals surface area (Å²) in [5.41, 5.74) is 1.23. The van der Waals surface area contributed by atoms with Crippen molar-refractivity contribution in [2.75, 3.05) is 12.4 Å². The van der Waals surface area contributed by atoms with Gasteiger partial charge in [-0.3, -0.25) is 4.79 Å². The van der Waals surface area contributed by atoms with E-state index in [1.54, 1.807) is 39.0 Å². The minimum absolute atomic E-state index is 0.204. The molecule has 2 rings (SSSR count). The molecule has 1 aromatic heterocycles. The molecule has 1 heterocycles. The quantitative estimate of drug-likeness (QED) is 0.906. The highest BCUT2D eigenvalue weighted by atomic mass is 16.5. The summed E-state index contributed by atoms with van der Waals surface area (Å²) < 4.78 is 10.5. The van der Waals surface area contributed by atoms with Crippen molar-refractivity contribution in [1.29, 1.82) is 0 Å². The lowest BCUT2D eigenvalue weighted by atomic mass is 10.1. The van der Waals surface area contributed by atoms with Gasteiger partial charge < -0.3 is 14.5 Å². The number of methoxy groups -OCH3 is 1. The van der Waals surface area contributed by atoms with Crippen LogP contribution in [-0.4, -0.2) is 23.6 Å². The fraction of sp³-hybridized carbons (Fsp3) is 0.385. The molecule has 0 fully saturated rings. The van der Waals surface area contributed by atoms with E-state index in [0.29, 0.717) is 17.2 Å². The third kappa shape index (κ3) is 2.36. The van der Waals surface area contributed by atoms with Gasteiger partial charge in [0.25, 0.3) is 5.91 Å². The Balaban J connectivity index is 2.24. The maximum absolute atomic E-state index is 11.9. The van der Waals surface area contributed by atoms with Gasteiger partial charge in [-0.05, 0) is 32.0 Å². The highest BCUT2D eigenvalue weighted by molar-refractivity contribution is 5.97. The van der Waals surface area contributed by atoms with E-state index in [0.717, 1.165) is 5.52 Å². The van der Waals surface area contributed by atoms with Crippen LogP contribution in [0.2, 0.25) is 0 Å². The number of nitrogens with zero attached hydrogens (tertiary/aromatic N) is 1. The second-order valence-corrected chi connectivity index (χ2v) is 4.58. The monoisotopic (exact) mass is 248 g/mol. The van der Waals surface area contributed by atoms with Crippen LogP contribution in [0, 0.1) is 6.92 Å². The van der Waals surface area contributed by atoms with Crippen molar-refractivity contribution in [2.45, 2.75) is 26.4 Å². The Hall–Kier alpha value is -1.88. The fourth-order valence-electron chi connectivity index (χ4n) is 1.49. The number of ether oxygens (including phenoxy) is 1. The zero-order valence-electron chi connectivity index (χ0n) is 10.9. The number of aromatic nitrogens is 1. The number of fused-ring (bicyclic) bond motifs is 1. The summed E-state index contributed by atoms with van der Waals surface area (Å²) in [5, 5.41) is 2.79. The van der Waals surface area contributed by atoms with E-state index in [1.165, 1.54) is 7.11 Å². The van der Waals surface area contributed by atoms with E-state index >= 15 is 0 Å². The number of hydrogen-bond donors (Lipinski definition) is 1. The Bertz CT molecular complexity index is 587. The lowest BCUT2D eigenvalue weighted by molar-refractivity contribution is -0.133. The van der Waals surface area contributed by atoms with E-state index < -0.39 is 5.60 Å². The second kappa shape index (κ2) is 4.42. The zero-order valence-corrected chi connectivity index (χ0v) is 10.9. The number of oxazole rings is 1. The van der Waals surface area contributed by atoms with Crippen LogP contribution < -0.4 is 5.32 Å². The third-order valence-corrected chi connectivity index (χ3v) is 2.81. The maximum atomic E-state index is 11.9. The molecule has 0 bridgehead atoms. The van der Waals surface area contributed by atoms with Crippen LogP contribution in [0.5, 0.6) is 0 Å². The number of carbonyl (C=O) groups is 1. The first-order valence-corrected chi connectivity index (χ1v) is 5.66. The maximum Gasteiger partial charge on any atom is 0.256 e. The summed E-state index contributed by atoms with van der Waals surface area (Å²) in [4.78, 5) is 16.1. The average Bonchev–Trinajstić information content (AvgIpc) is 2.68. The molecule has 1 N–H and O–H groups in total. The summed E-state index contributed by atoms with van der Waals surface area (Å²) in [6, 6.07) is 5.33. The van der Waals surface area contributed by atoms with Crippen molar-refractivity contribution in [2.24, 2.45) is 0 Å². The van der Waals surface area contributed by atoms with Crippen LogP contribution in [0.15, 0.2) is 22.6 Å². The number of carbonyl (C=O) groups excluding carboxylic acids is 1. The predicted octanol–water partition coefficient (Wildman–Crippen LogP) is 2.50. The lowest BCUT2D eigenvalue weighted by Crippen LogP contribution is -2.38. The molecule has 0 saturated carbocycles. The molecule has 1 aromatic carbocycles. The number of amides is 1. The molecule has 5 nitrogen and oxygen atoms in total. The minimum atomic E-state index is -0.866. The smallest absolute Gasteiger partial charge is 0.256 e. The number of nitrogens with one attached hydrogen (secondary N) is 1. The topological polar surface area (TPSA) is 64.4 Å². The molecule has 0 aliphatic carbocycles. The fourth-order valence-corrected chi connectivity index (χ4v) is 1.49. The van der Waals surface area contributed by atoms with Crippen LogP contribution in [0.4, 0.5) is 5.69 Å². The molecule has 0 atom stereocenters. The van der Waals surface area contributed by atoms with E-state index in [9.17, 15) is 4.79 Å². The highest BCUT2D eigenvalue weighted by Crippen LogP contribution is 2.21. The van der Waals surface area contributed by atoms with E-state index in [2.05, 4.69) is 10.3 Å². The van der Waals surface area contributed by atoms with Gasteiger partial charge in [-0.25, -0.2) is 4.98 Å². The first-order chi connectivity index (χ1) is 8.42. The summed E-state index contributed by atoms with van der Waals surface area (Å²) in [5.74, 6) is 0.398. The van der Waals surface area contributed by atoms with Crippen molar-refractivity contribution in [1.82, 2.24) is 4.98 Å². The van der Waals surface area contributed by atoms with Gasteiger partial charge in [0.05, 0.1) is 0 Å². The minimum Gasteiger partial charge on any atom is -0.441 e. The molecule has 2 aromatic rings. The van der Waals surface area contributed by atoms with Gasteiger partial charge in [0, 0.05) is 19.7 Å². The van der Waals surface area contributed by atoms with Crippen LogP contribution >= 0.6 is 0 Å². The van der Waals surface area contributed by atoms with Crippen molar-refractivity contribution in [3.63, 3.8) is 0 Å². The first kappa shape index (κ1) is 12.6. The van der Waals surface area contributed by atoms with Gasteiger partial charge in [0.2, 0.25) is 0 Å². The average molecular weight is 248 g/mol. The SMILES string of the molecule is COC(C)(C)C(=O)Nc1ccc2oc(C)nc2c1. The van der Waals surface area contributed by atoms with Crippen molar-refractivity contribution >= 4 is 22.7 Å². The molecule has 0 aliphatic heterocycles. The molecule has 96 valence electrons. The van der Waals surface area contributed by atoms with Gasteiger partial charge in [0.15, 0.2) is 11.5 Å². The molecule has 18 heavy (non-hydrogen) atoms. The van der Waals surface area contributed by atoms with Gasteiger partial charge in [-0.15, -0.1) is 0 Å². The number of hydrogen-bond acceptors (Lipinski definition) is 4. The van der Waals surface area contributed by atoms with E-state index in [4.69, 9.17) is 9.15 Å². The Morgan fingerprint density at radius 2 is 2.17 bits per heavy atom. The normalized spacial score (nSPS) is 11.8. The largest absolute Gasteiger partial charge is 0.441 e. The summed E-state index contributed by atoms with van der Waals surface area (Å²) >= 11 is 0. The van der Waals surface area contributed by atoms with Crippen molar-refractivity contribution in [3.05, 3.63) is 24.1 Å². The molecule has 0 saturated heterocycles. The predicted molar refractivity (Wildman–Crippen MR) is 68.5 cm³/mol. The van der Waals surface area contributed by atoms with Crippen LogP contribution in [-0.2, 0) is 9.53 Å². The standard InChI is InChI=1S/C13H16N2O3/c1-8-14-10-7-9(5-6-11(10)18-8)15-12(16)13(2,3)17-4/h5-7H,1-4H3,(H,15,16).